The number of carbonyl (C=O) groups is 3. The van der Waals surface area contributed by atoms with Crippen LogP contribution >= 0.6 is 0 Å². The van der Waals surface area contributed by atoms with Crippen molar-refractivity contribution in [3.8, 4) is 23.0 Å². The normalized spacial score (nSPS) is 17.2. The number of phenolic OH excluding ortho intramolecular Hbond substituents is 4. The summed E-state index contributed by atoms with van der Waals surface area (Å²) in [5, 5.41) is 56.3. The van der Waals surface area contributed by atoms with E-state index in [1.165, 1.54) is 42.5 Å². The summed E-state index contributed by atoms with van der Waals surface area (Å²) in [5.41, 5.74) is -0.883. The lowest BCUT2D eigenvalue weighted by molar-refractivity contribution is 0.0134. The Bertz CT molecular complexity index is 1370. The molecule has 11 heteroatoms. The molecule has 0 radical (unpaired) electrons. The number of benzene rings is 3. The van der Waals surface area contributed by atoms with Crippen LogP contribution in [0.3, 0.4) is 0 Å². The second-order valence-electron chi connectivity index (χ2n) is 9.17. The fraction of sp³-hybridized carbons (Fsp3) is 0.250. The minimum absolute atomic E-state index is 0.0472. The number of nitrogens with one attached hydrogen (secondary N) is 2. The fourth-order valence-corrected chi connectivity index (χ4v) is 4.50. The van der Waals surface area contributed by atoms with Crippen LogP contribution in [0.25, 0.3) is 0 Å². The summed E-state index contributed by atoms with van der Waals surface area (Å²) in [7, 11) is 0. The molecule has 0 bridgehead atoms. The van der Waals surface area contributed by atoms with E-state index in [1.807, 2.05) is 0 Å². The number of carboxylic acids is 1. The van der Waals surface area contributed by atoms with Crippen molar-refractivity contribution in [2.45, 2.75) is 31.6 Å². The third-order valence-electron chi connectivity index (χ3n) is 6.45. The standard InChI is InChI=1S/C28H28N2O9/c31-17-8-6-16(7-9-17)27(36)30-19-13-29-10-2-5-23(19)39-14-15-11-21(33)25(22(34)12-15)26(35)24-18(28(37)38)3-1-4-20(24)32/h1,3-4,6-9,11-12,19,23,29,31-34H,2,5,10,13-14H2,(H,30,36)(H,37,38)/t19-,23-/m1/s1. The summed E-state index contributed by atoms with van der Waals surface area (Å²) in [4.78, 5) is 37.3. The zero-order valence-corrected chi connectivity index (χ0v) is 20.8. The van der Waals surface area contributed by atoms with E-state index in [9.17, 15) is 39.9 Å². The van der Waals surface area contributed by atoms with E-state index in [1.54, 1.807) is 0 Å². The summed E-state index contributed by atoms with van der Waals surface area (Å²) >= 11 is 0. The van der Waals surface area contributed by atoms with Gasteiger partial charge >= 0.3 is 5.97 Å². The van der Waals surface area contributed by atoms with Gasteiger partial charge in [0.1, 0.15) is 28.6 Å². The Kier molecular flexibility index (Phi) is 8.33. The van der Waals surface area contributed by atoms with Gasteiger partial charge < -0.3 is 40.9 Å². The van der Waals surface area contributed by atoms with Gasteiger partial charge in [-0.3, -0.25) is 9.59 Å². The number of aromatic hydroxyl groups is 4. The van der Waals surface area contributed by atoms with Crippen LogP contribution in [-0.2, 0) is 11.3 Å². The minimum Gasteiger partial charge on any atom is -0.508 e. The van der Waals surface area contributed by atoms with E-state index in [0.717, 1.165) is 25.1 Å². The summed E-state index contributed by atoms with van der Waals surface area (Å²) in [6, 6.07) is 11.4. The highest BCUT2D eigenvalue weighted by Gasteiger charge is 2.29. The van der Waals surface area contributed by atoms with Crippen molar-refractivity contribution in [2.75, 3.05) is 13.1 Å². The molecular weight excluding hydrogens is 508 g/mol. The van der Waals surface area contributed by atoms with Crippen LogP contribution in [0.1, 0.15) is 55.0 Å². The Morgan fingerprint density at radius 1 is 0.923 bits per heavy atom. The molecule has 0 spiro atoms. The molecule has 1 fully saturated rings. The van der Waals surface area contributed by atoms with Gasteiger partial charge in [-0.05, 0) is 73.5 Å². The topological polar surface area (TPSA) is 186 Å². The van der Waals surface area contributed by atoms with Gasteiger partial charge in [-0.1, -0.05) is 6.07 Å². The SMILES string of the molecule is O=C(N[C@@H]1CNCCC[C@H]1OCc1cc(O)c(C(=O)c2c(O)cccc2C(=O)O)c(O)c1)c1ccc(O)cc1. The number of aromatic carboxylic acids is 1. The van der Waals surface area contributed by atoms with E-state index in [4.69, 9.17) is 4.74 Å². The van der Waals surface area contributed by atoms with Crippen LogP contribution in [-0.4, -0.2) is 68.4 Å². The zero-order chi connectivity index (χ0) is 28.1. The van der Waals surface area contributed by atoms with Crippen LogP contribution in [0.15, 0.2) is 54.6 Å². The first kappa shape index (κ1) is 27.4. The molecule has 3 aromatic rings. The number of amides is 1. The minimum atomic E-state index is -1.46. The first-order valence-electron chi connectivity index (χ1n) is 12.2. The Balaban J connectivity index is 1.50. The van der Waals surface area contributed by atoms with E-state index >= 15 is 0 Å². The molecule has 2 atom stereocenters. The smallest absolute Gasteiger partial charge is 0.336 e. The predicted octanol–water partition coefficient (Wildman–Crippen LogP) is 2.51. The lowest BCUT2D eigenvalue weighted by Gasteiger charge is -2.26. The number of rotatable bonds is 8. The molecule has 1 saturated heterocycles. The molecule has 0 aromatic heterocycles. The molecule has 4 rings (SSSR count). The molecule has 0 unspecified atom stereocenters. The van der Waals surface area contributed by atoms with Crippen LogP contribution in [0.5, 0.6) is 23.0 Å². The average Bonchev–Trinajstić information content (AvgIpc) is 3.11. The van der Waals surface area contributed by atoms with Crippen molar-refractivity contribution >= 4 is 17.7 Å². The van der Waals surface area contributed by atoms with Gasteiger partial charge in [0, 0.05) is 12.1 Å². The highest BCUT2D eigenvalue weighted by Crippen LogP contribution is 2.35. The zero-order valence-electron chi connectivity index (χ0n) is 20.8. The van der Waals surface area contributed by atoms with Crippen LogP contribution in [0.4, 0.5) is 0 Å². The molecule has 3 aromatic carbocycles. The maximum atomic E-state index is 13.0. The molecule has 1 aliphatic heterocycles. The molecule has 0 aliphatic carbocycles. The Morgan fingerprint density at radius 2 is 1.62 bits per heavy atom. The first-order chi connectivity index (χ1) is 18.7. The van der Waals surface area contributed by atoms with Crippen LogP contribution in [0, 0.1) is 0 Å². The van der Waals surface area contributed by atoms with Crippen molar-refractivity contribution in [3.63, 3.8) is 0 Å². The maximum Gasteiger partial charge on any atom is 0.336 e. The van der Waals surface area contributed by atoms with E-state index in [2.05, 4.69) is 10.6 Å². The summed E-state index contributed by atoms with van der Waals surface area (Å²) in [5.74, 6) is -4.63. The van der Waals surface area contributed by atoms with Crippen molar-refractivity contribution in [3.05, 3.63) is 82.4 Å². The number of carbonyl (C=O) groups excluding carboxylic acids is 2. The maximum absolute atomic E-state index is 13.0. The van der Waals surface area contributed by atoms with Gasteiger partial charge in [-0.15, -0.1) is 0 Å². The van der Waals surface area contributed by atoms with Gasteiger partial charge in [-0.2, -0.15) is 0 Å². The number of phenols is 4. The molecule has 1 aliphatic rings. The van der Waals surface area contributed by atoms with Gasteiger partial charge in [0.05, 0.1) is 29.9 Å². The summed E-state index contributed by atoms with van der Waals surface area (Å²) in [6.07, 6.45) is 0.992. The number of ether oxygens (including phenoxy) is 1. The Hall–Kier alpha value is -4.61. The van der Waals surface area contributed by atoms with Crippen molar-refractivity contribution < 1.29 is 44.7 Å². The predicted molar refractivity (Wildman–Crippen MR) is 138 cm³/mol. The molecule has 39 heavy (non-hydrogen) atoms. The van der Waals surface area contributed by atoms with Gasteiger partial charge in [0.25, 0.3) is 5.91 Å². The monoisotopic (exact) mass is 536 g/mol. The van der Waals surface area contributed by atoms with Crippen LogP contribution < -0.4 is 10.6 Å². The molecule has 204 valence electrons. The third-order valence-corrected chi connectivity index (χ3v) is 6.45. The molecule has 1 amide bonds. The largest absolute Gasteiger partial charge is 0.508 e. The molecule has 0 saturated carbocycles. The second-order valence-corrected chi connectivity index (χ2v) is 9.17. The highest BCUT2D eigenvalue weighted by atomic mass is 16.5. The number of carboxylic acid groups (broad SMARTS) is 1. The summed E-state index contributed by atoms with van der Waals surface area (Å²) in [6.45, 7) is 1.11. The summed E-state index contributed by atoms with van der Waals surface area (Å²) < 4.78 is 6.06. The lowest BCUT2D eigenvalue weighted by atomic mass is 9.95. The molecule has 7 N–H and O–H groups in total. The van der Waals surface area contributed by atoms with Crippen molar-refractivity contribution in [2.24, 2.45) is 0 Å². The Labute approximate surface area is 223 Å². The third kappa shape index (κ3) is 6.28. The van der Waals surface area contributed by atoms with Gasteiger partial charge in [-0.25, -0.2) is 4.79 Å². The van der Waals surface area contributed by atoms with E-state index in [0.29, 0.717) is 24.1 Å². The quantitative estimate of drug-likeness (QED) is 0.211. The Morgan fingerprint density at radius 3 is 2.28 bits per heavy atom. The molecule has 1 heterocycles. The van der Waals surface area contributed by atoms with E-state index in [-0.39, 0.29) is 18.3 Å². The number of hydrogen-bond donors (Lipinski definition) is 7. The number of ketones is 1. The average molecular weight is 537 g/mol. The first-order valence-corrected chi connectivity index (χ1v) is 12.2. The van der Waals surface area contributed by atoms with Gasteiger partial charge in [0.15, 0.2) is 0 Å². The van der Waals surface area contributed by atoms with Gasteiger partial charge in [0.2, 0.25) is 5.78 Å². The highest BCUT2D eigenvalue weighted by molar-refractivity contribution is 6.18. The van der Waals surface area contributed by atoms with Crippen molar-refractivity contribution in [1.29, 1.82) is 0 Å². The molecular formula is C28H28N2O9. The molecule has 11 nitrogen and oxygen atoms in total. The number of hydrogen-bond acceptors (Lipinski definition) is 9. The lowest BCUT2D eigenvalue weighted by Crippen LogP contribution is -2.48. The van der Waals surface area contributed by atoms with Crippen LogP contribution in [0.2, 0.25) is 0 Å². The second kappa shape index (κ2) is 11.8. The van der Waals surface area contributed by atoms with E-state index < -0.39 is 57.8 Å². The fourth-order valence-electron chi connectivity index (χ4n) is 4.50. The van der Waals surface area contributed by atoms with Crippen molar-refractivity contribution in [1.82, 2.24) is 10.6 Å².